The number of piperidine rings is 1. The van der Waals surface area contributed by atoms with Crippen molar-refractivity contribution in [3.05, 3.63) is 59.4 Å². The van der Waals surface area contributed by atoms with Crippen LogP contribution in [0.25, 0.3) is 0 Å². The van der Waals surface area contributed by atoms with Crippen LogP contribution in [0.1, 0.15) is 54.4 Å². The number of para-hydroxylation sites is 1. The Morgan fingerprint density at radius 3 is 2.62 bits per heavy atom. The molecule has 2 fully saturated rings. The molecule has 2 aliphatic rings. The van der Waals surface area contributed by atoms with Crippen molar-refractivity contribution in [3.63, 3.8) is 0 Å². The molecule has 136 valence electrons. The zero-order chi connectivity index (χ0) is 18.1. The SMILES string of the molecule is CC(=O)c1cc(C2CC2)c(O[C@@H]2CCCN(c3ccccc3)C2)cc1F. The first-order chi connectivity index (χ1) is 12.6. The number of halogens is 1. The Hall–Kier alpha value is -2.36. The van der Waals surface area contributed by atoms with E-state index in [1.807, 2.05) is 18.2 Å². The first kappa shape index (κ1) is 17.1. The van der Waals surface area contributed by atoms with Gasteiger partial charge < -0.3 is 9.64 Å². The van der Waals surface area contributed by atoms with Gasteiger partial charge in [0.2, 0.25) is 0 Å². The van der Waals surface area contributed by atoms with Crippen molar-refractivity contribution in [1.82, 2.24) is 0 Å². The second-order valence-corrected chi connectivity index (χ2v) is 7.36. The summed E-state index contributed by atoms with van der Waals surface area (Å²) in [6.07, 6.45) is 4.21. The molecule has 1 aliphatic carbocycles. The van der Waals surface area contributed by atoms with Crippen molar-refractivity contribution in [2.45, 2.75) is 44.6 Å². The smallest absolute Gasteiger partial charge is 0.162 e. The van der Waals surface area contributed by atoms with Crippen LogP contribution in [0.15, 0.2) is 42.5 Å². The predicted octanol–water partition coefficient (Wildman–Crippen LogP) is 4.95. The standard InChI is InChI=1S/C22H24FNO2/c1-15(25)19-12-20(16-9-10-16)22(13-21(19)23)26-18-8-5-11-24(14-18)17-6-3-2-4-7-17/h2-4,6-7,12-13,16,18H,5,8-11,14H2,1H3/t18-/m1/s1. The summed E-state index contributed by atoms with van der Waals surface area (Å²) < 4.78 is 20.6. The van der Waals surface area contributed by atoms with Crippen molar-refractivity contribution >= 4 is 11.5 Å². The van der Waals surface area contributed by atoms with E-state index >= 15 is 0 Å². The van der Waals surface area contributed by atoms with E-state index in [0.29, 0.717) is 11.7 Å². The number of anilines is 1. The van der Waals surface area contributed by atoms with Crippen molar-refractivity contribution in [2.75, 3.05) is 18.0 Å². The van der Waals surface area contributed by atoms with E-state index in [2.05, 4.69) is 17.0 Å². The molecule has 0 bridgehead atoms. The van der Waals surface area contributed by atoms with E-state index in [1.165, 1.54) is 18.7 Å². The van der Waals surface area contributed by atoms with Crippen LogP contribution < -0.4 is 9.64 Å². The van der Waals surface area contributed by atoms with Crippen LogP contribution in [0.2, 0.25) is 0 Å². The number of ketones is 1. The van der Waals surface area contributed by atoms with Crippen LogP contribution in [-0.4, -0.2) is 25.0 Å². The van der Waals surface area contributed by atoms with Gasteiger partial charge in [-0.05, 0) is 62.3 Å². The third kappa shape index (κ3) is 3.59. The minimum atomic E-state index is -0.479. The highest BCUT2D eigenvalue weighted by atomic mass is 19.1. The van der Waals surface area contributed by atoms with Crippen LogP contribution in [0.4, 0.5) is 10.1 Å². The zero-order valence-corrected chi connectivity index (χ0v) is 15.1. The summed E-state index contributed by atoms with van der Waals surface area (Å²) in [5, 5.41) is 0. The summed E-state index contributed by atoms with van der Waals surface area (Å²) in [6, 6.07) is 13.5. The zero-order valence-electron chi connectivity index (χ0n) is 15.1. The highest BCUT2D eigenvalue weighted by Crippen LogP contribution is 2.45. The molecule has 2 aromatic carbocycles. The summed E-state index contributed by atoms with van der Waals surface area (Å²) in [7, 11) is 0. The van der Waals surface area contributed by atoms with Gasteiger partial charge in [-0.1, -0.05) is 18.2 Å². The molecule has 1 aliphatic heterocycles. The molecule has 1 saturated heterocycles. The lowest BCUT2D eigenvalue weighted by Gasteiger charge is -2.35. The quantitative estimate of drug-likeness (QED) is 0.712. The van der Waals surface area contributed by atoms with Crippen LogP contribution in [0.5, 0.6) is 5.75 Å². The van der Waals surface area contributed by atoms with Crippen molar-refractivity contribution in [3.8, 4) is 5.75 Å². The van der Waals surface area contributed by atoms with Crippen molar-refractivity contribution in [1.29, 1.82) is 0 Å². The minimum absolute atomic E-state index is 0.0315. The molecular weight excluding hydrogens is 329 g/mol. The van der Waals surface area contributed by atoms with Crippen LogP contribution in [0, 0.1) is 5.82 Å². The van der Waals surface area contributed by atoms with Gasteiger partial charge >= 0.3 is 0 Å². The van der Waals surface area contributed by atoms with Gasteiger partial charge in [-0.25, -0.2) is 4.39 Å². The predicted molar refractivity (Wildman–Crippen MR) is 101 cm³/mol. The van der Waals surface area contributed by atoms with Crippen molar-refractivity contribution < 1.29 is 13.9 Å². The van der Waals surface area contributed by atoms with E-state index in [0.717, 1.165) is 44.3 Å². The first-order valence-electron chi connectivity index (χ1n) is 9.43. The maximum atomic E-state index is 14.3. The van der Waals surface area contributed by atoms with Gasteiger partial charge in [0.25, 0.3) is 0 Å². The average Bonchev–Trinajstić information content (AvgIpc) is 3.48. The number of ether oxygens (including phenoxy) is 1. The highest BCUT2D eigenvalue weighted by molar-refractivity contribution is 5.94. The number of carbonyl (C=O) groups excluding carboxylic acids is 1. The topological polar surface area (TPSA) is 29.5 Å². The maximum Gasteiger partial charge on any atom is 0.162 e. The fourth-order valence-corrected chi connectivity index (χ4v) is 3.74. The lowest BCUT2D eigenvalue weighted by atomic mass is 10.0. The van der Waals surface area contributed by atoms with Gasteiger partial charge in [0, 0.05) is 18.3 Å². The van der Waals surface area contributed by atoms with E-state index in [9.17, 15) is 9.18 Å². The van der Waals surface area contributed by atoms with Gasteiger partial charge in [0.05, 0.1) is 12.1 Å². The third-order valence-electron chi connectivity index (χ3n) is 5.29. The van der Waals surface area contributed by atoms with E-state index in [-0.39, 0.29) is 17.5 Å². The molecule has 4 heteroatoms. The Morgan fingerprint density at radius 2 is 1.92 bits per heavy atom. The number of hydrogen-bond donors (Lipinski definition) is 0. The van der Waals surface area contributed by atoms with Crippen LogP contribution >= 0.6 is 0 Å². The number of benzene rings is 2. The van der Waals surface area contributed by atoms with Gasteiger partial charge in [0.15, 0.2) is 5.78 Å². The summed E-state index contributed by atoms with van der Waals surface area (Å²) in [4.78, 5) is 14.0. The van der Waals surface area contributed by atoms with E-state index in [4.69, 9.17) is 4.74 Å². The van der Waals surface area contributed by atoms with Gasteiger partial charge in [-0.15, -0.1) is 0 Å². The molecule has 0 spiro atoms. The number of hydrogen-bond acceptors (Lipinski definition) is 3. The normalized spacial score (nSPS) is 20.1. The van der Waals surface area contributed by atoms with Crippen LogP contribution in [0.3, 0.4) is 0 Å². The molecule has 4 rings (SSSR count). The van der Waals surface area contributed by atoms with Gasteiger partial charge in [0.1, 0.15) is 17.7 Å². The lowest BCUT2D eigenvalue weighted by Crippen LogP contribution is -2.41. The molecule has 0 unspecified atom stereocenters. The molecule has 0 aromatic heterocycles. The van der Waals surface area contributed by atoms with Crippen molar-refractivity contribution in [2.24, 2.45) is 0 Å². The molecule has 1 heterocycles. The third-order valence-corrected chi connectivity index (χ3v) is 5.29. The maximum absolute atomic E-state index is 14.3. The molecule has 0 N–H and O–H groups in total. The fourth-order valence-electron chi connectivity index (χ4n) is 3.74. The van der Waals surface area contributed by atoms with E-state index in [1.54, 1.807) is 6.07 Å². The minimum Gasteiger partial charge on any atom is -0.488 e. The number of carbonyl (C=O) groups is 1. The largest absolute Gasteiger partial charge is 0.488 e. The highest BCUT2D eigenvalue weighted by Gasteiger charge is 2.30. The molecule has 0 radical (unpaired) electrons. The number of nitrogens with zero attached hydrogens (tertiary/aromatic N) is 1. The second kappa shape index (κ2) is 7.10. The molecule has 2 aromatic rings. The van der Waals surface area contributed by atoms with Gasteiger partial charge in [-0.2, -0.15) is 0 Å². The summed E-state index contributed by atoms with van der Waals surface area (Å²) in [5.41, 5.74) is 2.36. The Balaban J connectivity index is 1.55. The summed E-state index contributed by atoms with van der Waals surface area (Å²) >= 11 is 0. The molecule has 3 nitrogen and oxygen atoms in total. The molecule has 1 saturated carbocycles. The second-order valence-electron chi connectivity index (χ2n) is 7.36. The summed E-state index contributed by atoms with van der Waals surface area (Å²) in [6.45, 7) is 3.22. The fraction of sp³-hybridized carbons (Fsp3) is 0.409. The monoisotopic (exact) mass is 353 g/mol. The molecule has 1 atom stereocenters. The number of rotatable bonds is 5. The molecule has 0 amide bonds. The molecule has 26 heavy (non-hydrogen) atoms. The molecular formula is C22H24FNO2. The van der Waals surface area contributed by atoms with Crippen LogP contribution in [-0.2, 0) is 0 Å². The summed E-state index contributed by atoms with van der Waals surface area (Å²) in [5.74, 6) is 0.309. The Kier molecular flexibility index (Phi) is 4.66. The Bertz CT molecular complexity index is 801. The Morgan fingerprint density at radius 1 is 1.15 bits per heavy atom. The average molecular weight is 353 g/mol. The van der Waals surface area contributed by atoms with Gasteiger partial charge in [-0.3, -0.25) is 4.79 Å². The first-order valence-corrected chi connectivity index (χ1v) is 9.43. The Labute approximate surface area is 153 Å². The lowest BCUT2D eigenvalue weighted by molar-refractivity contribution is 0.101. The van der Waals surface area contributed by atoms with E-state index < -0.39 is 5.82 Å². The number of Topliss-reactive ketones (excluding diaryl/α,β-unsaturated/α-hetero) is 1.